The second-order valence-corrected chi connectivity index (χ2v) is 6.11. The first-order valence-electron chi connectivity index (χ1n) is 6.45. The van der Waals surface area contributed by atoms with E-state index in [1.165, 1.54) is 4.90 Å². The van der Waals surface area contributed by atoms with Gasteiger partial charge in [0.1, 0.15) is 5.75 Å². The fraction of sp³-hybridized carbons (Fsp3) is 0.533. The van der Waals surface area contributed by atoms with Crippen molar-refractivity contribution in [2.75, 3.05) is 26.4 Å². The first kappa shape index (κ1) is 15.3. The van der Waals surface area contributed by atoms with Crippen molar-refractivity contribution < 1.29 is 9.53 Å². The Balaban J connectivity index is 2.78. The summed E-state index contributed by atoms with van der Waals surface area (Å²) in [6.45, 7) is 7.07. The molecule has 0 saturated heterocycles. The number of amides is 1. The van der Waals surface area contributed by atoms with E-state index in [9.17, 15) is 4.79 Å². The molecule has 0 spiro atoms. The summed E-state index contributed by atoms with van der Waals surface area (Å²) in [5.74, 6) is 0.526. The first-order chi connectivity index (χ1) is 8.70. The highest BCUT2D eigenvalue weighted by molar-refractivity contribution is 5.94. The molecule has 0 aliphatic rings. The number of carbonyl (C=O) groups is 1. The molecule has 106 valence electrons. The zero-order valence-corrected chi connectivity index (χ0v) is 12.5. The molecule has 0 heterocycles. The fourth-order valence-electron chi connectivity index (χ4n) is 1.52. The molecule has 4 heteroatoms. The summed E-state index contributed by atoms with van der Waals surface area (Å²) < 4.78 is 5.69. The predicted molar refractivity (Wildman–Crippen MR) is 78.4 cm³/mol. The summed E-state index contributed by atoms with van der Waals surface area (Å²) in [5.41, 5.74) is 7.23. The van der Waals surface area contributed by atoms with Crippen LogP contribution in [-0.2, 0) is 0 Å². The smallest absolute Gasteiger partial charge is 0.253 e. The van der Waals surface area contributed by atoms with Crippen molar-refractivity contribution >= 4 is 11.6 Å². The normalized spacial score (nSPS) is 11.2. The fourth-order valence-corrected chi connectivity index (χ4v) is 1.52. The molecule has 0 atom stereocenters. The zero-order chi connectivity index (χ0) is 14.6. The third-order valence-corrected chi connectivity index (χ3v) is 2.78. The third-order valence-electron chi connectivity index (χ3n) is 2.78. The lowest BCUT2D eigenvalue weighted by molar-refractivity contribution is 0.0827. The number of nitrogens with two attached hydrogens (primary N) is 1. The van der Waals surface area contributed by atoms with E-state index in [2.05, 4.69) is 20.8 Å². The van der Waals surface area contributed by atoms with Crippen LogP contribution in [0.1, 0.15) is 37.6 Å². The molecular weight excluding hydrogens is 240 g/mol. The second-order valence-electron chi connectivity index (χ2n) is 6.11. The van der Waals surface area contributed by atoms with Crippen molar-refractivity contribution in [3.05, 3.63) is 23.8 Å². The number of benzene rings is 1. The quantitative estimate of drug-likeness (QED) is 0.851. The van der Waals surface area contributed by atoms with Crippen LogP contribution in [0.4, 0.5) is 5.69 Å². The van der Waals surface area contributed by atoms with Crippen molar-refractivity contribution in [2.45, 2.75) is 27.2 Å². The third kappa shape index (κ3) is 4.81. The first-order valence-corrected chi connectivity index (χ1v) is 6.45. The van der Waals surface area contributed by atoms with Crippen LogP contribution in [0.3, 0.4) is 0 Å². The maximum Gasteiger partial charge on any atom is 0.253 e. The molecule has 0 bridgehead atoms. The minimum Gasteiger partial charge on any atom is -0.491 e. The van der Waals surface area contributed by atoms with Crippen LogP contribution in [0.2, 0.25) is 0 Å². The molecule has 0 aliphatic heterocycles. The Morgan fingerprint density at radius 3 is 2.47 bits per heavy atom. The summed E-state index contributed by atoms with van der Waals surface area (Å²) >= 11 is 0. The Labute approximate surface area is 115 Å². The highest BCUT2D eigenvalue weighted by Crippen LogP contribution is 2.25. The van der Waals surface area contributed by atoms with Gasteiger partial charge in [-0.25, -0.2) is 0 Å². The van der Waals surface area contributed by atoms with Crippen LogP contribution in [0.15, 0.2) is 18.2 Å². The van der Waals surface area contributed by atoms with E-state index in [0.29, 0.717) is 23.6 Å². The maximum absolute atomic E-state index is 11.9. The summed E-state index contributed by atoms with van der Waals surface area (Å²) in [7, 11) is 3.44. The van der Waals surface area contributed by atoms with Crippen LogP contribution in [0.25, 0.3) is 0 Å². The van der Waals surface area contributed by atoms with Crippen molar-refractivity contribution in [3.8, 4) is 5.75 Å². The number of carbonyl (C=O) groups excluding carboxylic acids is 1. The van der Waals surface area contributed by atoms with Crippen LogP contribution < -0.4 is 10.5 Å². The summed E-state index contributed by atoms with van der Waals surface area (Å²) in [5, 5.41) is 0. The van der Waals surface area contributed by atoms with E-state index in [1.54, 1.807) is 32.3 Å². The van der Waals surface area contributed by atoms with Gasteiger partial charge in [-0.2, -0.15) is 0 Å². The Hall–Kier alpha value is -1.71. The summed E-state index contributed by atoms with van der Waals surface area (Å²) in [6.07, 6.45) is 0.929. The number of rotatable bonds is 4. The molecule has 2 N–H and O–H groups in total. The lowest BCUT2D eigenvalue weighted by Crippen LogP contribution is -2.21. The van der Waals surface area contributed by atoms with Crippen molar-refractivity contribution in [2.24, 2.45) is 5.41 Å². The van der Waals surface area contributed by atoms with Crippen molar-refractivity contribution in [1.82, 2.24) is 4.90 Å². The largest absolute Gasteiger partial charge is 0.491 e. The van der Waals surface area contributed by atoms with E-state index in [4.69, 9.17) is 10.5 Å². The number of nitrogens with zero attached hydrogens (tertiary/aromatic N) is 1. The van der Waals surface area contributed by atoms with Gasteiger partial charge >= 0.3 is 0 Å². The van der Waals surface area contributed by atoms with Crippen LogP contribution in [0, 0.1) is 5.41 Å². The van der Waals surface area contributed by atoms with Gasteiger partial charge in [-0.05, 0) is 30.0 Å². The van der Waals surface area contributed by atoms with Gasteiger partial charge in [-0.1, -0.05) is 20.8 Å². The molecule has 1 aromatic rings. The number of anilines is 1. The van der Waals surface area contributed by atoms with Crippen molar-refractivity contribution in [1.29, 1.82) is 0 Å². The number of nitrogen functional groups attached to an aromatic ring is 1. The van der Waals surface area contributed by atoms with Gasteiger partial charge in [0.05, 0.1) is 12.3 Å². The summed E-state index contributed by atoms with van der Waals surface area (Å²) in [6, 6.07) is 5.14. The Morgan fingerprint density at radius 2 is 1.95 bits per heavy atom. The zero-order valence-electron chi connectivity index (χ0n) is 12.5. The molecular formula is C15H24N2O2. The Bertz CT molecular complexity index is 448. The minimum absolute atomic E-state index is 0.0549. The standard InChI is InChI=1S/C15H24N2O2/c1-15(2,3)8-9-19-13-10-11(6-7-12(13)16)14(18)17(4)5/h6-7,10H,8-9,16H2,1-5H3. The second kappa shape index (κ2) is 5.95. The average Bonchev–Trinajstić information content (AvgIpc) is 2.29. The molecule has 0 unspecified atom stereocenters. The van der Waals surface area contributed by atoms with E-state index >= 15 is 0 Å². The predicted octanol–water partition coefficient (Wildman–Crippen LogP) is 2.79. The average molecular weight is 264 g/mol. The lowest BCUT2D eigenvalue weighted by Gasteiger charge is -2.19. The van der Waals surface area contributed by atoms with Gasteiger partial charge < -0.3 is 15.4 Å². The number of ether oxygens (including phenoxy) is 1. The van der Waals surface area contributed by atoms with Crippen molar-refractivity contribution in [3.63, 3.8) is 0 Å². The minimum atomic E-state index is -0.0549. The molecule has 19 heavy (non-hydrogen) atoms. The van der Waals surface area contributed by atoms with Gasteiger partial charge in [0.25, 0.3) is 5.91 Å². The van der Waals surface area contributed by atoms with E-state index in [-0.39, 0.29) is 11.3 Å². The maximum atomic E-state index is 11.9. The Kier molecular flexibility index (Phi) is 4.81. The molecule has 0 aliphatic carbocycles. The van der Waals surface area contributed by atoms with Crippen LogP contribution in [0.5, 0.6) is 5.75 Å². The molecule has 0 saturated carbocycles. The molecule has 4 nitrogen and oxygen atoms in total. The van der Waals surface area contributed by atoms with E-state index in [0.717, 1.165) is 6.42 Å². The SMILES string of the molecule is CN(C)C(=O)c1ccc(N)c(OCCC(C)(C)C)c1. The molecule has 0 fully saturated rings. The number of hydrogen-bond acceptors (Lipinski definition) is 3. The molecule has 0 aromatic heterocycles. The van der Waals surface area contributed by atoms with E-state index < -0.39 is 0 Å². The highest BCUT2D eigenvalue weighted by atomic mass is 16.5. The molecule has 1 rings (SSSR count). The molecule has 0 radical (unpaired) electrons. The van der Waals surface area contributed by atoms with Crippen LogP contribution >= 0.6 is 0 Å². The van der Waals surface area contributed by atoms with Crippen LogP contribution in [-0.4, -0.2) is 31.5 Å². The highest BCUT2D eigenvalue weighted by Gasteiger charge is 2.13. The van der Waals surface area contributed by atoms with Gasteiger partial charge in [-0.3, -0.25) is 4.79 Å². The topological polar surface area (TPSA) is 55.6 Å². The Morgan fingerprint density at radius 1 is 1.32 bits per heavy atom. The van der Waals surface area contributed by atoms with Gasteiger partial charge in [0, 0.05) is 19.7 Å². The monoisotopic (exact) mass is 264 g/mol. The summed E-state index contributed by atoms with van der Waals surface area (Å²) in [4.78, 5) is 13.4. The molecule has 1 amide bonds. The van der Waals surface area contributed by atoms with E-state index in [1.807, 2.05) is 0 Å². The molecule has 1 aromatic carbocycles. The number of hydrogen-bond donors (Lipinski definition) is 1. The van der Waals surface area contributed by atoms with Gasteiger partial charge in [-0.15, -0.1) is 0 Å². The van der Waals surface area contributed by atoms with Gasteiger partial charge in [0.15, 0.2) is 0 Å². The van der Waals surface area contributed by atoms with Gasteiger partial charge in [0.2, 0.25) is 0 Å². The lowest BCUT2D eigenvalue weighted by atomic mass is 9.93.